The summed E-state index contributed by atoms with van der Waals surface area (Å²) < 4.78 is 30.5. The number of benzene rings is 1. The van der Waals surface area contributed by atoms with E-state index in [2.05, 4.69) is 31.9 Å². The van der Waals surface area contributed by atoms with Crippen LogP contribution < -0.4 is 0 Å². The van der Waals surface area contributed by atoms with Crippen molar-refractivity contribution >= 4 is 10.0 Å². The third-order valence-corrected chi connectivity index (χ3v) is 7.15. The summed E-state index contributed by atoms with van der Waals surface area (Å²) >= 11 is 0. The smallest absolute Gasteiger partial charge is 0.243 e. The van der Waals surface area contributed by atoms with Crippen LogP contribution in [-0.4, -0.2) is 28.5 Å². The maximum atomic E-state index is 13.6. The van der Waals surface area contributed by atoms with Crippen LogP contribution in [0, 0.1) is 13.8 Å². The molecule has 0 N–H and O–H groups in total. The number of sulfonamides is 1. The fraction of sp³-hybridized carbons (Fsp3) is 0.550. The van der Waals surface area contributed by atoms with Crippen LogP contribution in [0.15, 0.2) is 29.4 Å². The van der Waals surface area contributed by atoms with Gasteiger partial charge in [-0.1, -0.05) is 26.8 Å². The zero-order valence-electron chi connectivity index (χ0n) is 16.6. The summed E-state index contributed by atoms with van der Waals surface area (Å²) in [6.45, 7) is 10.6. The molecule has 0 bridgehead atoms. The standard InChI is InChI=1S/C20H29N3O2S/c1-14-9-17(20(3,4)5)10-19(15(14)2)26(24,25)23(18-7-8-18)13-16-11-21-22(6)12-16/h9-12,18H,7-8,13H2,1-6H3. The largest absolute Gasteiger partial charge is 0.275 e. The van der Waals surface area contributed by atoms with Crippen LogP contribution in [0.2, 0.25) is 0 Å². The highest BCUT2D eigenvalue weighted by atomic mass is 32.2. The Morgan fingerprint density at radius 1 is 1.23 bits per heavy atom. The van der Waals surface area contributed by atoms with Gasteiger partial charge in [0.2, 0.25) is 10.0 Å². The lowest BCUT2D eigenvalue weighted by Crippen LogP contribution is -2.33. The van der Waals surface area contributed by atoms with E-state index >= 15 is 0 Å². The van der Waals surface area contributed by atoms with Crippen molar-refractivity contribution in [1.82, 2.24) is 14.1 Å². The number of hydrogen-bond donors (Lipinski definition) is 0. The van der Waals surface area contributed by atoms with Gasteiger partial charge >= 0.3 is 0 Å². The van der Waals surface area contributed by atoms with Gasteiger partial charge in [-0.2, -0.15) is 9.40 Å². The van der Waals surface area contributed by atoms with Crippen molar-refractivity contribution in [2.45, 2.75) is 70.4 Å². The molecule has 1 aliphatic carbocycles. The van der Waals surface area contributed by atoms with Gasteiger partial charge in [0, 0.05) is 31.4 Å². The minimum absolute atomic E-state index is 0.0956. The number of aryl methyl sites for hydroxylation is 2. The van der Waals surface area contributed by atoms with Crippen LogP contribution >= 0.6 is 0 Å². The van der Waals surface area contributed by atoms with E-state index in [0.717, 1.165) is 35.1 Å². The van der Waals surface area contributed by atoms with Crippen LogP contribution in [0.25, 0.3) is 0 Å². The molecule has 0 saturated heterocycles. The number of aromatic nitrogens is 2. The van der Waals surface area contributed by atoms with Gasteiger partial charge in [0.15, 0.2) is 0 Å². The topological polar surface area (TPSA) is 55.2 Å². The number of rotatable bonds is 5. The predicted molar refractivity (Wildman–Crippen MR) is 104 cm³/mol. The molecule has 1 aromatic heterocycles. The van der Waals surface area contributed by atoms with Gasteiger partial charge in [-0.3, -0.25) is 4.68 Å². The average molecular weight is 376 g/mol. The van der Waals surface area contributed by atoms with Crippen molar-refractivity contribution in [3.8, 4) is 0 Å². The Kier molecular flexibility index (Phi) is 4.78. The van der Waals surface area contributed by atoms with Gasteiger partial charge in [-0.05, 0) is 54.9 Å². The second kappa shape index (κ2) is 6.50. The van der Waals surface area contributed by atoms with E-state index in [9.17, 15) is 8.42 Å². The van der Waals surface area contributed by atoms with Gasteiger partial charge in [0.25, 0.3) is 0 Å². The molecule has 6 heteroatoms. The molecule has 1 saturated carbocycles. The second-order valence-corrected chi connectivity index (χ2v) is 10.3. The van der Waals surface area contributed by atoms with Crippen molar-refractivity contribution in [3.05, 3.63) is 46.8 Å². The van der Waals surface area contributed by atoms with Crippen LogP contribution in [-0.2, 0) is 29.0 Å². The van der Waals surface area contributed by atoms with E-state index in [1.165, 1.54) is 0 Å². The Labute approximate surface area is 157 Å². The summed E-state index contributed by atoms with van der Waals surface area (Å²) in [5.74, 6) is 0. The summed E-state index contributed by atoms with van der Waals surface area (Å²) in [5, 5.41) is 4.18. The molecule has 142 valence electrons. The summed E-state index contributed by atoms with van der Waals surface area (Å²) in [6, 6.07) is 4.07. The molecule has 1 aromatic carbocycles. The van der Waals surface area contributed by atoms with Gasteiger partial charge in [-0.25, -0.2) is 8.42 Å². The molecule has 1 aliphatic rings. The molecular weight excluding hydrogens is 346 g/mol. The lowest BCUT2D eigenvalue weighted by Gasteiger charge is -2.26. The lowest BCUT2D eigenvalue weighted by molar-refractivity contribution is 0.398. The monoisotopic (exact) mass is 375 g/mol. The lowest BCUT2D eigenvalue weighted by atomic mass is 9.85. The minimum atomic E-state index is -3.57. The molecule has 2 aromatic rings. The van der Waals surface area contributed by atoms with Gasteiger partial charge in [0.05, 0.1) is 11.1 Å². The second-order valence-electron chi connectivity index (χ2n) is 8.47. The molecule has 0 amide bonds. The molecule has 3 rings (SSSR count). The Hall–Kier alpha value is -1.66. The maximum Gasteiger partial charge on any atom is 0.243 e. The third kappa shape index (κ3) is 3.71. The summed E-state index contributed by atoms with van der Waals surface area (Å²) in [7, 11) is -1.72. The molecule has 1 fully saturated rings. The highest BCUT2D eigenvalue weighted by Gasteiger charge is 2.39. The Morgan fingerprint density at radius 3 is 2.38 bits per heavy atom. The van der Waals surface area contributed by atoms with E-state index in [4.69, 9.17) is 0 Å². The molecule has 0 unspecified atom stereocenters. The Balaban J connectivity index is 2.06. The number of nitrogens with zero attached hydrogens (tertiary/aromatic N) is 3. The van der Waals surface area contributed by atoms with E-state index in [-0.39, 0.29) is 11.5 Å². The molecule has 0 spiro atoms. The van der Waals surface area contributed by atoms with Crippen molar-refractivity contribution in [2.75, 3.05) is 0 Å². The molecule has 5 nitrogen and oxygen atoms in total. The first-order valence-corrected chi connectivity index (χ1v) is 10.6. The molecule has 1 heterocycles. The van der Waals surface area contributed by atoms with E-state index in [1.54, 1.807) is 15.2 Å². The van der Waals surface area contributed by atoms with Crippen LogP contribution in [0.4, 0.5) is 0 Å². The highest BCUT2D eigenvalue weighted by Crippen LogP contribution is 2.36. The van der Waals surface area contributed by atoms with Crippen LogP contribution in [0.3, 0.4) is 0 Å². The normalized spacial score (nSPS) is 15.7. The van der Waals surface area contributed by atoms with Crippen molar-refractivity contribution in [1.29, 1.82) is 0 Å². The Morgan fingerprint density at radius 2 is 1.88 bits per heavy atom. The Bertz CT molecular complexity index is 919. The van der Waals surface area contributed by atoms with Crippen molar-refractivity contribution in [2.24, 2.45) is 7.05 Å². The first-order chi connectivity index (χ1) is 12.0. The summed E-state index contributed by atoms with van der Waals surface area (Å²) in [6.07, 6.45) is 5.48. The number of hydrogen-bond acceptors (Lipinski definition) is 3. The SMILES string of the molecule is Cc1cc(C(C)(C)C)cc(S(=O)(=O)N(Cc2cnn(C)c2)C2CC2)c1C. The quantitative estimate of drug-likeness (QED) is 0.801. The fourth-order valence-corrected chi connectivity index (χ4v) is 5.16. The van der Waals surface area contributed by atoms with E-state index < -0.39 is 10.0 Å². The zero-order valence-corrected chi connectivity index (χ0v) is 17.4. The van der Waals surface area contributed by atoms with Gasteiger partial charge in [0.1, 0.15) is 0 Å². The van der Waals surface area contributed by atoms with Gasteiger partial charge < -0.3 is 0 Å². The molecule has 0 aliphatic heterocycles. The summed E-state index contributed by atoms with van der Waals surface area (Å²) in [4.78, 5) is 0.443. The fourth-order valence-electron chi connectivity index (χ4n) is 3.16. The third-order valence-electron chi connectivity index (χ3n) is 5.12. The first-order valence-electron chi connectivity index (χ1n) is 9.11. The van der Waals surface area contributed by atoms with Crippen LogP contribution in [0.1, 0.15) is 55.9 Å². The highest BCUT2D eigenvalue weighted by molar-refractivity contribution is 7.89. The predicted octanol–water partition coefficient (Wildman–Crippen LogP) is 3.69. The van der Waals surface area contributed by atoms with E-state index in [0.29, 0.717) is 11.4 Å². The van der Waals surface area contributed by atoms with Crippen LogP contribution in [0.5, 0.6) is 0 Å². The van der Waals surface area contributed by atoms with Crippen molar-refractivity contribution in [3.63, 3.8) is 0 Å². The minimum Gasteiger partial charge on any atom is -0.275 e. The summed E-state index contributed by atoms with van der Waals surface area (Å²) in [5.41, 5.74) is 3.74. The molecular formula is C20H29N3O2S. The average Bonchev–Trinajstić information content (AvgIpc) is 3.28. The van der Waals surface area contributed by atoms with Crippen molar-refractivity contribution < 1.29 is 8.42 Å². The molecule has 0 atom stereocenters. The molecule has 0 radical (unpaired) electrons. The molecule has 26 heavy (non-hydrogen) atoms. The van der Waals surface area contributed by atoms with E-state index in [1.807, 2.05) is 33.2 Å². The first kappa shape index (κ1) is 19.1. The zero-order chi connectivity index (χ0) is 19.3. The van der Waals surface area contributed by atoms with Gasteiger partial charge in [-0.15, -0.1) is 0 Å². The maximum absolute atomic E-state index is 13.6.